The molecule has 2 fully saturated rings. The molecule has 17 heavy (non-hydrogen) atoms. The molecule has 0 aromatic carbocycles. The number of rotatable bonds is 5. The first-order valence-corrected chi connectivity index (χ1v) is 7.55. The monoisotopic (exact) mass is 239 g/mol. The van der Waals surface area contributed by atoms with Gasteiger partial charge in [0.05, 0.1) is 5.60 Å². The highest BCUT2D eigenvalue weighted by Gasteiger charge is 2.39. The Kier molecular flexibility index (Phi) is 4.87. The molecule has 0 aromatic heterocycles. The Morgan fingerprint density at radius 2 is 2.06 bits per heavy atom. The fraction of sp³-hybridized carbons (Fsp3) is 1.00. The van der Waals surface area contributed by atoms with Crippen LogP contribution in [-0.2, 0) is 4.74 Å². The molecule has 0 bridgehead atoms. The van der Waals surface area contributed by atoms with E-state index in [1.165, 1.54) is 51.5 Å². The SMILES string of the molecule is CC(C)CNCCC1CCOC2(CCCC2)C1. The van der Waals surface area contributed by atoms with E-state index in [4.69, 9.17) is 4.74 Å². The van der Waals surface area contributed by atoms with Crippen molar-refractivity contribution in [2.75, 3.05) is 19.7 Å². The molecular formula is C15H29NO. The second kappa shape index (κ2) is 6.19. The van der Waals surface area contributed by atoms with Crippen molar-refractivity contribution in [3.05, 3.63) is 0 Å². The molecule has 1 spiro atoms. The standard InChI is InChI=1S/C15H29NO/c1-13(2)12-16-9-5-14-6-10-17-15(11-14)7-3-4-8-15/h13-14,16H,3-12H2,1-2H3. The molecule has 1 aliphatic heterocycles. The van der Waals surface area contributed by atoms with Crippen molar-refractivity contribution in [3.63, 3.8) is 0 Å². The summed E-state index contributed by atoms with van der Waals surface area (Å²) in [5.74, 6) is 1.67. The number of hydrogen-bond acceptors (Lipinski definition) is 2. The van der Waals surface area contributed by atoms with E-state index in [0.717, 1.165) is 25.0 Å². The minimum absolute atomic E-state index is 0.307. The van der Waals surface area contributed by atoms with E-state index in [-0.39, 0.29) is 0 Å². The molecule has 1 saturated carbocycles. The number of ether oxygens (including phenoxy) is 1. The first-order valence-electron chi connectivity index (χ1n) is 7.55. The molecule has 1 unspecified atom stereocenters. The van der Waals surface area contributed by atoms with Crippen molar-refractivity contribution in [2.24, 2.45) is 11.8 Å². The number of nitrogens with one attached hydrogen (secondary N) is 1. The van der Waals surface area contributed by atoms with Crippen molar-refractivity contribution in [2.45, 2.75) is 64.4 Å². The normalized spacial score (nSPS) is 28.1. The van der Waals surface area contributed by atoms with Crippen LogP contribution in [0.5, 0.6) is 0 Å². The Balaban J connectivity index is 1.67. The fourth-order valence-corrected chi connectivity index (χ4v) is 3.44. The lowest BCUT2D eigenvalue weighted by Gasteiger charge is -2.38. The summed E-state index contributed by atoms with van der Waals surface area (Å²) < 4.78 is 6.08. The highest BCUT2D eigenvalue weighted by Crippen LogP contribution is 2.42. The van der Waals surface area contributed by atoms with Gasteiger partial charge in [-0.3, -0.25) is 0 Å². The van der Waals surface area contributed by atoms with E-state index in [0.29, 0.717) is 5.60 Å². The third-order valence-corrected chi connectivity index (χ3v) is 4.39. The van der Waals surface area contributed by atoms with Gasteiger partial charge in [0, 0.05) is 6.61 Å². The maximum Gasteiger partial charge on any atom is 0.0685 e. The molecule has 1 N–H and O–H groups in total. The van der Waals surface area contributed by atoms with Gasteiger partial charge in [0.15, 0.2) is 0 Å². The lowest BCUT2D eigenvalue weighted by atomic mass is 9.83. The van der Waals surface area contributed by atoms with Gasteiger partial charge in [-0.15, -0.1) is 0 Å². The molecule has 1 heterocycles. The third kappa shape index (κ3) is 3.96. The zero-order valence-electron chi connectivity index (χ0n) is 11.6. The second-order valence-corrected chi connectivity index (χ2v) is 6.48. The van der Waals surface area contributed by atoms with E-state index in [1.54, 1.807) is 0 Å². The van der Waals surface area contributed by atoms with Crippen LogP contribution in [-0.4, -0.2) is 25.3 Å². The van der Waals surface area contributed by atoms with Crippen molar-refractivity contribution < 1.29 is 4.74 Å². The molecule has 2 nitrogen and oxygen atoms in total. The van der Waals surface area contributed by atoms with E-state index < -0.39 is 0 Å². The van der Waals surface area contributed by atoms with Gasteiger partial charge in [0.25, 0.3) is 0 Å². The van der Waals surface area contributed by atoms with E-state index in [2.05, 4.69) is 19.2 Å². The molecule has 0 aromatic rings. The van der Waals surface area contributed by atoms with Crippen molar-refractivity contribution >= 4 is 0 Å². The zero-order chi connectivity index (χ0) is 12.1. The van der Waals surface area contributed by atoms with Gasteiger partial charge in [0.2, 0.25) is 0 Å². The van der Waals surface area contributed by atoms with Crippen LogP contribution in [0.1, 0.15) is 58.8 Å². The van der Waals surface area contributed by atoms with Gasteiger partial charge in [0.1, 0.15) is 0 Å². The molecule has 0 radical (unpaired) electrons. The summed E-state index contributed by atoms with van der Waals surface area (Å²) >= 11 is 0. The van der Waals surface area contributed by atoms with E-state index >= 15 is 0 Å². The Morgan fingerprint density at radius 1 is 1.29 bits per heavy atom. The molecule has 2 heteroatoms. The van der Waals surface area contributed by atoms with E-state index in [1.807, 2.05) is 0 Å². The maximum absolute atomic E-state index is 6.08. The van der Waals surface area contributed by atoms with Crippen molar-refractivity contribution in [3.8, 4) is 0 Å². The number of hydrogen-bond donors (Lipinski definition) is 1. The molecule has 2 aliphatic rings. The fourth-order valence-electron chi connectivity index (χ4n) is 3.44. The first-order chi connectivity index (χ1) is 8.20. The van der Waals surface area contributed by atoms with Crippen LogP contribution >= 0.6 is 0 Å². The predicted octanol–water partition coefficient (Wildman–Crippen LogP) is 3.36. The minimum Gasteiger partial charge on any atom is -0.375 e. The van der Waals surface area contributed by atoms with E-state index in [9.17, 15) is 0 Å². The van der Waals surface area contributed by atoms with Crippen LogP contribution in [0.15, 0.2) is 0 Å². The highest BCUT2D eigenvalue weighted by atomic mass is 16.5. The third-order valence-electron chi connectivity index (χ3n) is 4.39. The summed E-state index contributed by atoms with van der Waals surface area (Å²) in [6.07, 6.45) is 9.38. The quantitative estimate of drug-likeness (QED) is 0.743. The lowest BCUT2D eigenvalue weighted by molar-refractivity contribution is -0.0934. The van der Waals surface area contributed by atoms with Crippen LogP contribution in [0, 0.1) is 11.8 Å². The first kappa shape index (κ1) is 13.4. The Bertz CT molecular complexity index is 221. The average Bonchev–Trinajstić information content (AvgIpc) is 2.73. The van der Waals surface area contributed by atoms with Crippen LogP contribution < -0.4 is 5.32 Å². The van der Waals surface area contributed by atoms with Crippen LogP contribution in [0.25, 0.3) is 0 Å². The maximum atomic E-state index is 6.08. The smallest absolute Gasteiger partial charge is 0.0685 e. The van der Waals surface area contributed by atoms with Crippen molar-refractivity contribution in [1.29, 1.82) is 0 Å². The van der Waals surface area contributed by atoms with Gasteiger partial charge in [-0.05, 0) is 57.0 Å². The summed E-state index contributed by atoms with van der Waals surface area (Å²) in [5.41, 5.74) is 0.307. The molecule has 2 rings (SSSR count). The second-order valence-electron chi connectivity index (χ2n) is 6.48. The highest BCUT2D eigenvalue weighted by molar-refractivity contribution is 4.91. The van der Waals surface area contributed by atoms with Gasteiger partial charge < -0.3 is 10.1 Å². The largest absolute Gasteiger partial charge is 0.375 e. The van der Waals surface area contributed by atoms with Crippen LogP contribution in [0.3, 0.4) is 0 Å². The Hall–Kier alpha value is -0.0800. The topological polar surface area (TPSA) is 21.3 Å². The van der Waals surface area contributed by atoms with Gasteiger partial charge >= 0.3 is 0 Å². The predicted molar refractivity (Wildman–Crippen MR) is 72.2 cm³/mol. The molecule has 1 aliphatic carbocycles. The Labute approximate surface area is 107 Å². The summed E-state index contributed by atoms with van der Waals surface area (Å²) in [7, 11) is 0. The van der Waals surface area contributed by atoms with Gasteiger partial charge in [-0.25, -0.2) is 0 Å². The van der Waals surface area contributed by atoms with Gasteiger partial charge in [-0.1, -0.05) is 26.7 Å². The summed E-state index contributed by atoms with van der Waals surface area (Å²) in [6, 6.07) is 0. The molecule has 1 saturated heterocycles. The molecule has 100 valence electrons. The zero-order valence-corrected chi connectivity index (χ0v) is 11.6. The molecular weight excluding hydrogens is 210 g/mol. The molecule has 0 amide bonds. The Morgan fingerprint density at radius 3 is 2.76 bits per heavy atom. The summed E-state index contributed by atoms with van der Waals surface area (Å²) in [5, 5.41) is 3.57. The summed E-state index contributed by atoms with van der Waals surface area (Å²) in [4.78, 5) is 0. The molecule has 1 atom stereocenters. The van der Waals surface area contributed by atoms with Crippen molar-refractivity contribution in [1.82, 2.24) is 5.32 Å². The minimum atomic E-state index is 0.307. The van der Waals surface area contributed by atoms with Gasteiger partial charge in [-0.2, -0.15) is 0 Å². The van der Waals surface area contributed by atoms with Crippen LogP contribution in [0.4, 0.5) is 0 Å². The lowest BCUT2D eigenvalue weighted by Crippen LogP contribution is -2.38. The summed E-state index contributed by atoms with van der Waals surface area (Å²) in [6.45, 7) is 7.91. The van der Waals surface area contributed by atoms with Crippen LogP contribution in [0.2, 0.25) is 0 Å². The average molecular weight is 239 g/mol.